The average molecular weight is 336 g/mol. The van der Waals surface area contributed by atoms with Crippen molar-refractivity contribution in [1.82, 2.24) is 4.98 Å². The summed E-state index contributed by atoms with van der Waals surface area (Å²) in [5, 5.41) is 13.0. The molecule has 126 valence electrons. The Balaban J connectivity index is 1.73. The molecular weight excluding hydrogens is 312 g/mol. The number of aromatic nitrogens is 1. The van der Waals surface area contributed by atoms with Gasteiger partial charge in [-0.1, -0.05) is 13.8 Å². The van der Waals surface area contributed by atoms with Crippen LogP contribution in [0.5, 0.6) is 0 Å². The molecule has 3 rings (SSSR count). The van der Waals surface area contributed by atoms with Crippen molar-refractivity contribution >= 4 is 28.3 Å². The zero-order valence-electron chi connectivity index (χ0n) is 13.8. The van der Waals surface area contributed by atoms with Crippen molar-refractivity contribution in [1.29, 1.82) is 0 Å². The fraction of sp³-hybridized carbons (Fsp3) is 0.706. The normalized spacial score (nSPS) is 29.2. The number of thiazole rings is 1. The second kappa shape index (κ2) is 6.23. The van der Waals surface area contributed by atoms with Gasteiger partial charge in [0.15, 0.2) is 5.13 Å². The highest BCUT2D eigenvalue weighted by Crippen LogP contribution is 2.52. The Morgan fingerprint density at radius 3 is 2.57 bits per heavy atom. The van der Waals surface area contributed by atoms with Crippen LogP contribution in [0.15, 0.2) is 0 Å². The molecule has 0 aliphatic heterocycles. The Morgan fingerprint density at radius 1 is 1.30 bits per heavy atom. The number of carbonyl (C=O) groups excluding carboxylic acids is 1. The average Bonchev–Trinajstić information content (AvgIpc) is 3.13. The number of carboxylic acids is 1. The van der Waals surface area contributed by atoms with Crippen LogP contribution in [0.2, 0.25) is 0 Å². The van der Waals surface area contributed by atoms with Crippen LogP contribution >= 0.6 is 11.3 Å². The fourth-order valence-corrected chi connectivity index (χ4v) is 5.11. The van der Waals surface area contributed by atoms with E-state index >= 15 is 0 Å². The number of nitrogens with zero attached hydrogens (tertiary/aromatic N) is 1. The molecule has 2 aliphatic rings. The minimum atomic E-state index is -0.826. The van der Waals surface area contributed by atoms with Crippen LogP contribution in [0.1, 0.15) is 43.7 Å². The molecule has 2 bridgehead atoms. The lowest BCUT2D eigenvalue weighted by Gasteiger charge is -2.26. The van der Waals surface area contributed by atoms with Crippen LogP contribution in [-0.2, 0) is 16.0 Å². The lowest BCUT2D eigenvalue weighted by molar-refractivity contribution is -0.148. The highest BCUT2D eigenvalue weighted by molar-refractivity contribution is 7.15. The van der Waals surface area contributed by atoms with E-state index in [4.69, 9.17) is 0 Å². The second-order valence-corrected chi connectivity index (χ2v) is 8.54. The Morgan fingerprint density at radius 2 is 1.96 bits per heavy atom. The van der Waals surface area contributed by atoms with Gasteiger partial charge in [0.05, 0.1) is 17.5 Å². The maximum Gasteiger partial charge on any atom is 0.307 e. The number of aryl methyl sites for hydroxylation is 1. The molecule has 0 saturated heterocycles. The van der Waals surface area contributed by atoms with Crippen LogP contribution in [0.25, 0.3) is 0 Å². The first-order valence-electron chi connectivity index (χ1n) is 8.36. The van der Waals surface area contributed by atoms with E-state index < -0.39 is 17.8 Å². The molecule has 1 aromatic rings. The van der Waals surface area contributed by atoms with Gasteiger partial charge in [0.1, 0.15) is 0 Å². The SMILES string of the molecule is Cc1sc(NC(=O)[C@H]2[C@H]3CC[C@@H](C3)[C@@H]2C(=O)O)nc1CC(C)C. The number of hydrogen-bond acceptors (Lipinski definition) is 4. The number of amides is 1. The van der Waals surface area contributed by atoms with E-state index in [0.29, 0.717) is 11.0 Å². The summed E-state index contributed by atoms with van der Waals surface area (Å²) in [5.41, 5.74) is 1.03. The zero-order valence-corrected chi connectivity index (χ0v) is 14.7. The van der Waals surface area contributed by atoms with Gasteiger partial charge in [0.2, 0.25) is 5.91 Å². The van der Waals surface area contributed by atoms with Crippen molar-refractivity contribution in [3.63, 3.8) is 0 Å². The summed E-state index contributed by atoms with van der Waals surface area (Å²) in [6, 6.07) is 0. The Kier molecular flexibility index (Phi) is 4.45. The highest BCUT2D eigenvalue weighted by Gasteiger charge is 2.54. The molecule has 0 spiro atoms. The molecule has 0 aromatic carbocycles. The van der Waals surface area contributed by atoms with E-state index in [1.165, 1.54) is 11.3 Å². The van der Waals surface area contributed by atoms with E-state index in [1.54, 1.807) is 0 Å². The van der Waals surface area contributed by atoms with E-state index in [0.717, 1.165) is 36.3 Å². The van der Waals surface area contributed by atoms with Gasteiger partial charge in [-0.25, -0.2) is 4.98 Å². The summed E-state index contributed by atoms with van der Waals surface area (Å²) in [6.07, 6.45) is 3.69. The first-order valence-corrected chi connectivity index (χ1v) is 9.18. The van der Waals surface area contributed by atoms with Crippen LogP contribution in [0.4, 0.5) is 5.13 Å². The Hall–Kier alpha value is -1.43. The molecule has 2 fully saturated rings. The standard InChI is InChI=1S/C17H24N2O3S/c1-8(2)6-12-9(3)23-17(18-12)19-15(20)13-10-4-5-11(7-10)14(13)16(21)22/h8,10-11,13-14H,4-7H2,1-3H3,(H,21,22)(H,18,19,20)/t10-,11-,13-,14-/m0/s1. The number of rotatable bonds is 5. The molecule has 1 heterocycles. The maximum absolute atomic E-state index is 12.7. The number of anilines is 1. The molecule has 0 radical (unpaired) electrons. The quantitative estimate of drug-likeness (QED) is 0.864. The summed E-state index contributed by atoms with van der Waals surface area (Å²) in [7, 11) is 0. The number of aliphatic carboxylic acids is 1. The van der Waals surface area contributed by atoms with Gasteiger partial charge in [0.25, 0.3) is 0 Å². The molecule has 1 amide bonds. The van der Waals surface area contributed by atoms with Crippen molar-refractivity contribution in [3.05, 3.63) is 10.6 Å². The molecule has 23 heavy (non-hydrogen) atoms. The van der Waals surface area contributed by atoms with Crippen LogP contribution in [0, 0.1) is 36.5 Å². The van der Waals surface area contributed by atoms with Crippen LogP contribution in [0.3, 0.4) is 0 Å². The van der Waals surface area contributed by atoms with Gasteiger partial charge >= 0.3 is 5.97 Å². The highest BCUT2D eigenvalue weighted by atomic mass is 32.1. The van der Waals surface area contributed by atoms with E-state index in [2.05, 4.69) is 24.1 Å². The van der Waals surface area contributed by atoms with E-state index in [1.807, 2.05) is 6.92 Å². The van der Waals surface area contributed by atoms with Crippen molar-refractivity contribution in [2.24, 2.45) is 29.6 Å². The Bertz CT molecular complexity index is 625. The number of nitrogens with one attached hydrogen (secondary N) is 1. The van der Waals surface area contributed by atoms with E-state index in [-0.39, 0.29) is 17.7 Å². The summed E-state index contributed by atoms with van der Waals surface area (Å²) in [4.78, 5) is 29.9. The minimum absolute atomic E-state index is 0.158. The minimum Gasteiger partial charge on any atom is -0.481 e. The third-order valence-electron chi connectivity index (χ3n) is 5.23. The zero-order chi connectivity index (χ0) is 16.7. The van der Waals surface area contributed by atoms with Crippen molar-refractivity contribution in [3.8, 4) is 0 Å². The summed E-state index contributed by atoms with van der Waals surface area (Å²) < 4.78 is 0. The molecule has 1 aromatic heterocycles. The Labute approximate surface area is 140 Å². The lowest BCUT2D eigenvalue weighted by Crippen LogP contribution is -2.37. The van der Waals surface area contributed by atoms with E-state index in [9.17, 15) is 14.7 Å². The van der Waals surface area contributed by atoms with Crippen molar-refractivity contribution in [2.75, 3.05) is 5.32 Å². The fourth-order valence-electron chi connectivity index (χ4n) is 4.27. The van der Waals surface area contributed by atoms with Gasteiger partial charge in [0, 0.05) is 4.88 Å². The van der Waals surface area contributed by atoms with Gasteiger partial charge < -0.3 is 10.4 Å². The first kappa shape index (κ1) is 16.4. The number of carboxylic acid groups (broad SMARTS) is 1. The van der Waals surface area contributed by atoms with Crippen LogP contribution < -0.4 is 5.32 Å². The third-order valence-corrected chi connectivity index (χ3v) is 6.16. The number of hydrogen-bond donors (Lipinski definition) is 2. The summed E-state index contributed by atoms with van der Waals surface area (Å²) in [6.45, 7) is 6.30. The number of fused-ring (bicyclic) bond motifs is 2. The predicted molar refractivity (Wildman–Crippen MR) is 89.5 cm³/mol. The van der Waals surface area contributed by atoms with Gasteiger partial charge in [-0.15, -0.1) is 11.3 Å². The molecule has 2 saturated carbocycles. The van der Waals surface area contributed by atoms with Gasteiger partial charge in [-0.3, -0.25) is 9.59 Å². The molecular formula is C17H24N2O3S. The second-order valence-electron chi connectivity index (χ2n) is 7.33. The molecule has 6 heteroatoms. The number of carbonyl (C=O) groups is 2. The summed E-state index contributed by atoms with van der Waals surface area (Å²) >= 11 is 1.48. The molecule has 5 nitrogen and oxygen atoms in total. The topological polar surface area (TPSA) is 79.3 Å². The molecule has 0 unspecified atom stereocenters. The third kappa shape index (κ3) is 3.13. The van der Waals surface area contributed by atoms with Crippen molar-refractivity contribution in [2.45, 2.75) is 46.5 Å². The monoisotopic (exact) mass is 336 g/mol. The van der Waals surface area contributed by atoms with Gasteiger partial charge in [-0.05, 0) is 50.4 Å². The molecule has 2 N–H and O–H groups in total. The van der Waals surface area contributed by atoms with Crippen LogP contribution in [-0.4, -0.2) is 22.0 Å². The van der Waals surface area contributed by atoms with Crippen molar-refractivity contribution < 1.29 is 14.7 Å². The van der Waals surface area contributed by atoms with Gasteiger partial charge in [-0.2, -0.15) is 0 Å². The smallest absolute Gasteiger partial charge is 0.307 e. The lowest BCUT2D eigenvalue weighted by atomic mass is 9.79. The maximum atomic E-state index is 12.7. The molecule has 2 aliphatic carbocycles. The summed E-state index contributed by atoms with van der Waals surface area (Å²) in [5.74, 6) is -1.00. The molecule has 4 atom stereocenters. The largest absolute Gasteiger partial charge is 0.481 e. The predicted octanol–water partition coefficient (Wildman–Crippen LogP) is 3.34. The first-order chi connectivity index (χ1) is 10.9.